The second-order valence-electron chi connectivity index (χ2n) is 5.50. The molecule has 6 nitrogen and oxygen atoms in total. The minimum Gasteiger partial charge on any atom is -0.493 e. The molecule has 0 spiro atoms. The number of carbonyl (C=O) groups is 1. The van der Waals surface area contributed by atoms with E-state index < -0.39 is 10.0 Å². The van der Waals surface area contributed by atoms with Crippen LogP contribution in [0.2, 0.25) is 0 Å². The second-order valence-corrected chi connectivity index (χ2v) is 7.54. The summed E-state index contributed by atoms with van der Waals surface area (Å²) in [5, 5.41) is 0. The molecule has 0 amide bonds. The molecule has 0 saturated heterocycles. The molecule has 0 heterocycles. The summed E-state index contributed by atoms with van der Waals surface area (Å²) in [6.45, 7) is 1.50. The van der Waals surface area contributed by atoms with Crippen LogP contribution in [0.5, 0.6) is 11.5 Å². The van der Waals surface area contributed by atoms with E-state index in [4.69, 9.17) is 9.47 Å². The van der Waals surface area contributed by atoms with Crippen LogP contribution in [-0.2, 0) is 16.6 Å². The van der Waals surface area contributed by atoms with E-state index in [1.165, 1.54) is 44.6 Å². The van der Waals surface area contributed by atoms with Crippen molar-refractivity contribution in [1.29, 1.82) is 0 Å². The summed E-state index contributed by atoms with van der Waals surface area (Å²) >= 11 is 0. The molecule has 0 fully saturated rings. The highest BCUT2D eigenvalue weighted by Gasteiger charge is 2.23. The van der Waals surface area contributed by atoms with Gasteiger partial charge < -0.3 is 9.47 Å². The summed E-state index contributed by atoms with van der Waals surface area (Å²) in [4.78, 5) is 11.6. The normalized spacial score (nSPS) is 11.4. The summed E-state index contributed by atoms with van der Waals surface area (Å²) in [5.74, 6) is 0.836. The molecule has 0 bridgehead atoms. The third kappa shape index (κ3) is 4.00. The average Bonchev–Trinajstić information content (AvgIpc) is 2.61. The Morgan fingerprint density at radius 1 is 1.08 bits per heavy atom. The van der Waals surface area contributed by atoms with Crippen molar-refractivity contribution in [3.05, 3.63) is 53.6 Å². The molecule has 0 unspecified atom stereocenters. The molecule has 0 aliphatic rings. The van der Waals surface area contributed by atoms with E-state index in [0.717, 1.165) is 0 Å². The zero-order valence-electron chi connectivity index (χ0n) is 14.6. The van der Waals surface area contributed by atoms with E-state index in [-0.39, 0.29) is 17.2 Å². The van der Waals surface area contributed by atoms with Crippen LogP contribution in [0.3, 0.4) is 0 Å². The van der Waals surface area contributed by atoms with Gasteiger partial charge in [-0.1, -0.05) is 24.3 Å². The summed E-state index contributed by atoms with van der Waals surface area (Å²) in [5.41, 5.74) is 1.03. The first-order valence-corrected chi connectivity index (χ1v) is 9.02. The van der Waals surface area contributed by atoms with Gasteiger partial charge in [0.2, 0.25) is 10.0 Å². The van der Waals surface area contributed by atoms with Crippen molar-refractivity contribution in [2.45, 2.75) is 18.4 Å². The van der Waals surface area contributed by atoms with E-state index in [1.807, 2.05) is 0 Å². The van der Waals surface area contributed by atoms with Crippen molar-refractivity contribution in [2.75, 3.05) is 21.3 Å². The molecule has 0 atom stereocenters. The van der Waals surface area contributed by atoms with Crippen LogP contribution in [0.15, 0.2) is 47.4 Å². The zero-order chi connectivity index (χ0) is 18.6. The maximum Gasteiger partial charge on any atom is 0.243 e. The Bertz CT molecular complexity index is 877. The van der Waals surface area contributed by atoms with Crippen LogP contribution in [-0.4, -0.2) is 39.8 Å². The van der Waals surface area contributed by atoms with Gasteiger partial charge in [-0.15, -0.1) is 0 Å². The predicted octanol–water partition coefficient (Wildman–Crippen LogP) is 2.73. The third-order valence-corrected chi connectivity index (χ3v) is 5.63. The lowest BCUT2D eigenvalue weighted by Crippen LogP contribution is -2.27. The van der Waals surface area contributed by atoms with Crippen LogP contribution in [0.1, 0.15) is 22.8 Å². The van der Waals surface area contributed by atoms with Crippen molar-refractivity contribution in [1.82, 2.24) is 4.31 Å². The summed E-state index contributed by atoms with van der Waals surface area (Å²) in [6.07, 6.45) is 0. The number of rotatable bonds is 7. The average molecular weight is 363 g/mol. The van der Waals surface area contributed by atoms with Crippen LogP contribution in [0.4, 0.5) is 0 Å². The zero-order valence-corrected chi connectivity index (χ0v) is 15.5. The highest BCUT2D eigenvalue weighted by atomic mass is 32.2. The largest absolute Gasteiger partial charge is 0.493 e. The number of carbonyl (C=O) groups excluding carboxylic acids is 1. The van der Waals surface area contributed by atoms with Gasteiger partial charge in [0, 0.05) is 24.7 Å². The standard InChI is InChI=1S/C18H21NO5S/c1-13(20)14-7-5-9-16(11-14)25(21,22)19(2)12-15-8-6-10-17(23-3)18(15)24-4/h5-11H,12H2,1-4H3. The Hall–Kier alpha value is -2.38. The second kappa shape index (κ2) is 7.67. The molecule has 0 aromatic heterocycles. The topological polar surface area (TPSA) is 72.9 Å². The highest BCUT2D eigenvalue weighted by Crippen LogP contribution is 2.32. The Labute approximate surface area is 148 Å². The fourth-order valence-corrected chi connectivity index (χ4v) is 3.65. The highest BCUT2D eigenvalue weighted by molar-refractivity contribution is 7.89. The molecule has 0 saturated carbocycles. The van der Waals surface area contributed by atoms with Crippen molar-refractivity contribution >= 4 is 15.8 Å². The number of Topliss-reactive ketones (excluding diaryl/α,β-unsaturated/α-hetero) is 1. The number of hydrogen-bond donors (Lipinski definition) is 0. The molecule has 2 aromatic rings. The van der Waals surface area contributed by atoms with Gasteiger partial charge in [0.15, 0.2) is 17.3 Å². The van der Waals surface area contributed by atoms with Crippen LogP contribution < -0.4 is 9.47 Å². The van der Waals surface area contributed by atoms with Gasteiger partial charge >= 0.3 is 0 Å². The number of ether oxygens (including phenoxy) is 2. The van der Waals surface area contributed by atoms with Crippen molar-refractivity contribution in [3.63, 3.8) is 0 Å². The third-order valence-electron chi connectivity index (χ3n) is 3.83. The van der Waals surface area contributed by atoms with Gasteiger partial charge in [-0.25, -0.2) is 8.42 Å². The van der Waals surface area contributed by atoms with Gasteiger partial charge in [0.1, 0.15) is 0 Å². The monoisotopic (exact) mass is 363 g/mol. The summed E-state index contributed by atoms with van der Waals surface area (Å²) in [6, 6.07) is 11.3. The number of para-hydroxylation sites is 1. The minimum absolute atomic E-state index is 0.0737. The van der Waals surface area contributed by atoms with E-state index in [1.54, 1.807) is 30.3 Å². The number of methoxy groups -OCH3 is 2. The first kappa shape index (κ1) is 19.0. The lowest BCUT2D eigenvalue weighted by atomic mass is 10.2. The Morgan fingerprint density at radius 3 is 2.36 bits per heavy atom. The first-order chi connectivity index (χ1) is 11.8. The molecule has 2 rings (SSSR count). The van der Waals surface area contributed by atoms with Gasteiger partial charge in [-0.3, -0.25) is 4.79 Å². The molecule has 0 radical (unpaired) electrons. The van der Waals surface area contributed by atoms with Crippen LogP contribution in [0, 0.1) is 0 Å². The van der Waals surface area contributed by atoms with Gasteiger partial charge in [-0.05, 0) is 25.1 Å². The number of nitrogens with zero attached hydrogens (tertiary/aromatic N) is 1. The first-order valence-electron chi connectivity index (χ1n) is 7.58. The van der Waals surface area contributed by atoms with Crippen molar-refractivity contribution in [2.24, 2.45) is 0 Å². The van der Waals surface area contributed by atoms with E-state index in [0.29, 0.717) is 22.6 Å². The maximum atomic E-state index is 12.8. The van der Waals surface area contributed by atoms with Gasteiger partial charge in [0.05, 0.1) is 19.1 Å². The van der Waals surface area contributed by atoms with E-state index in [9.17, 15) is 13.2 Å². The number of hydrogen-bond acceptors (Lipinski definition) is 5. The molecule has 25 heavy (non-hydrogen) atoms. The minimum atomic E-state index is -3.75. The lowest BCUT2D eigenvalue weighted by molar-refractivity contribution is 0.101. The van der Waals surface area contributed by atoms with Gasteiger partial charge in [-0.2, -0.15) is 4.31 Å². The fraction of sp³-hybridized carbons (Fsp3) is 0.278. The molecule has 7 heteroatoms. The van der Waals surface area contributed by atoms with Gasteiger partial charge in [0.25, 0.3) is 0 Å². The Morgan fingerprint density at radius 2 is 1.76 bits per heavy atom. The number of benzene rings is 2. The number of sulfonamides is 1. The summed E-state index contributed by atoms with van der Waals surface area (Å²) in [7, 11) is 0.757. The molecule has 134 valence electrons. The van der Waals surface area contributed by atoms with Crippen molar-refractivity contribution < 1.29 is 22.7 Å². The summed E-state index contributed by atoms with van der Waals surface area (Å²) < 4.78 is 37.4. The molecule has 2 aromatic carbocycles. The molecule has 0 N–H and O–H groups in total. The predicted molar refractivity (Wildman–Crippen MR) is 94.6 cm³/mol. The van der Waals surface area contributed by atoms with E-state index >= 15 is 0 Å². The Balaban J connectivity index is 2.36. The maximum absolute atomic E-state index is 12.8. The molecule has 0 aliphatic carbocycles. The molecular weight excluding hydrogens is 342 g/mol. The van der Waals surface area contributed by atoms with Crippen LogP contribution >= 0.6 is 0 Å². The quantitative estimate of drug-likeness (QED) is 0.707. The lowest BCUT2D eigenvalue weighted by Gasteiger charge is -2.20. The number of ketones is 1. The molecular formula is C18H21NO5S. The fourth-order valence-electron chi connectivity index (χ4n) is 2.46. The SMILES string of the molecule is COc1cccc(CN(C)S(=O)(=O)c2cccc(C(C)=O)c2)c1OC. The Kier molecular flexibility index (Phi) is 5.81. The van der Waals surface area contributed by atoms with Crippen molar-refractivity contribution in [3.8, 4) is 11.5 Å². The smallest absolute Gasteiger partial charge is 0.243 e. The van der Waals surface area contributed by atoms with Crippen LogP contribution in [0.25, 0.3) is 0 Å². The van der Waals surface area contributed by atoms with E-state index in [2.05, 4.69) is 0 Å². The molecule has 0 aliphatic heterocycles.